The number of aliphatic carboxylic acids is 1. The predicted octanol–water partition coefficient (Wildman–Crippen LogP) is 1.40. The topological polar surface area (TPSA) is 62.7 Å². The van der Waals surface area contributed by atoms with Crippen molar-refractivity contribution in [2.75, 3.05) is 25.2 Å². The van der Waals surface area contributed by atoms with E-state index < -0.39 is 12.0 Å². The Morgan fingerprint density at radius 1 is 1.63 bits per heavy atom. The molecule has 0 aromatic carbocycles. The van der Waals surface area contributed by atoms with Gasteiger partial charge in [0.25, 0.3) is 0 Å². The highest BCUT2D eigenvalue weighted by Gasteiger charge is 2.29. The molecule has 19 heavy (non-hydrogen) atoms. The molecular formula is C13H18N2O3S. The molecule has 104 valence electrons. The highest BCUT2D eigenvalue weighted by molar-refractivity contribution is 7.99. The maximum Gasteiger partial charge on any atom is 0.321 e. The lowest BCUT2D eigenvalue weighted by Gasteiger charge is -2.32. The second kappa shape index (κ2) is 6.25. The van der Waals surface area contributed by atoms with Gasteiger partial charge in [0.2, 0.25) is 0 Å². The highest BCUT2D eigenvalue weighted by Crippen LogP contribution is 2.20. The summed E-state index contributed by atoms with van der Waals surface area (Å²) in [5, 5.41) is 9.24. The van der Waals surface area contributed by atoms with Gasteiger partial charge in [0.05, 0.1) is 12.8 Å². The number of hydrogen-bond donors (Lipinski definition) is 1. The molecule has 0 radical (unpaired) electrons. The van der Waals surface area contributed by atoms with Crippen LogP contribution >= 0.6 is 11.8 Å². The van der Waals surface area contributed by atoms with Crippen LogP contribution in [0.4, 0.5) is 0 Å². The van der Waals surface area contributed by atoms with E-state index >= 15 is 0 Å². The molecule has 1 aliphatic rings. The quantitative estimate of drug-likeness (QED) is 0.900. The molecule has 2 heterocycles. The van der Waals surface area contributed by atoms with E-state index in [0.29, 0.717) is 12.3 Å². The third kappa shape index (κ3) is 3.61. The second-order valence-corrected chi connectivity index (χ2v) is 5.69. The van der Waals surface area contributed by atoms with Gasteiger partial charge in [-0.2, -0.15) is 11.8 Å². The van der Waals surface area contributed by atoms with Crippen molar-refractivity contribution in [3.63, 3.8) is 0 Å². The molecular weight excluding hydrogens is 264 g/mol. The summed E-state index contributed by atoms with van der Waals surface area (Å²) in [5.74, 6) is 1.61. The van der Waals surface area contributed by atoms with Crippen molar-refractivity contribution in [3.05, 3.63) is 23.5 Å². The average molecular weight is 282 g/mol. The van der Waals surface area contributed by atoms with Gasteiger partial charge in [-0.05, 0) is 6.92 Å². The first-order chi connectivity index (χ1) is 9.10. The van der Waals surface area contributed by atoms with Gasteiger partial charge in [-0.25, -0.2) is 0 Å². The van der Waals surface area contributed by atoms with Gasteiger partial charge in [-0.3, -0.25) is 14.7 Å². The summed E-state index contributed by atoms with van der Waals surface area (Å²) >= 11 is 1.69. The number of nitrogens with zero attached hydrogens (tertiary/aromatic N) is 2. The number of carbonyl (C=O) groups is 1. The van der Waals surface area contributed by atoms with Crippen LogP contribution in [0.15, 0.2) is 12.1 Å². The zero-order valence-electron chi connectivity index (χ0n) is 11.1. The van der Waals surface area contributed by atoms with Crippen molar-refractivity contribution >= 4 is 17.7 Å². The molecule has 1 aliphatic heterocycles. The predicted molar refractivity (Wildman–Crippen MR) is 74.7 cm³/mol. The molecule has 1 unspecified atom stereocenters. The molecule has 1 aromatic heterocycles. The van der Waals surface area contributed by atoms with Crippen LogP contribution in [-0.4, -0.2) is 52.2 Å². The number of hydrogen-bond acceptors (Lipinski definition) is 5. The number of carboxylic acid groups (broad SMARTS) is 1. The minimum absolute atomic E-state index is 0.424. The summed E-state index contributed by atoms with van der Waals surface area (Å²) in [6.07, 6.45) is 0. The van der Waals surface area contributed by atoms with Crippen molar-refractivity contribution in [2.45, 2.75) is 19.5 Å². The minimum Gasteiger partial charge on any atom is -0.497 e. The Morgan fingerprint density at radius 3 is 3.11 bits per heavy atom. The highest BCUT2D eigenvalue weighted by atomic mass is 32.2. The van der Waals surface area contributed by atoms with E-state index in [1.807, 2.05) is 24.0 Å². The zero-order chi connectivity index (χ0) is 13.8. The molecule has 0 bridgehead atoms. The molecule has 1 N–H and O–H groups in total. The van der Waals surface area contributed by atoms with Crippen molar-refractivity contribution in [3.8, 4) is 5.75 Å². The van der Waals surface area contributed by atoms with Crippen LogP contribution in [0.1, 0.15) is 11.4 Å². The largest absolute Gasteiger partial charge is 0.497 e. The third-order valence-corrected chi connectivity index (χ3v) is 4.13. The van der Waals surface area contributed by atoms with Crippen molar-refractivity contribution < 1.29 is 14.6 Å². The first-order valence-corrected chi connectivity index (χ1v) is 7.32. The van der Waals surface area contributed by atoms with Gasteiger partial charge in [0.15, 0.2) is 0 Å². The van der Waals surface area contributed by atoms with Crippen molar-refractivity contribution in [1.82, 2.24) is 9.88 Å². The SMILES string of the molecule is COc1cc(C)nc(CN2CCSCC2C(=O)O)c1. The van der Waals surface area contributed by atoms with E-state index in [2.05, 4.69) is 4.98 Å². The maximum absolute atomic E-state index is 11.2. The fourth-order valence-electron chi connectivity index (χ4n) is 2.16. The first-order valence-electron chi connectivity index (χ1n) is 6.16. The van der Waals surface area contributed by atoms with Crippen LogP contribution in [0, 0.1) is 6.92 Å². The Hall–Kier alpha value is -1.27. The van der Waals surface area contributed by atoms with Gasteiger partial charge in [0, 0.05) is 42.4 Å². The van der Waals surface area contributed by atoms with E-state index in [-0.39, 0.29) is 0 Å². The summed E-state index contributed by atoms with van der Waals surface area (Å²) < 4.78 is 5.22. The van der Waals surface area contributed by atoms with Gasteiger partial charge >= 0.3 is 5.97 Å². The summed E-state index contributed by atoms with van der Waals surface area (Å²) in [5.41, 5.74) is 1.74. The molecule has 1 aromatic rings. The van der Waals surface area contributed by atoms with Gasteiger partial charge in [-0.15, -0.1) is 0 Å². The van der Waals surface area contributed by atoms with Crippen LogP contribution in [0.3, 0.4) is 0 Å². The van der Waals surface area contributed by atoms with Crippen molar-refractivity contribution in [1.29, 1.82) is 0 Å². The van der Waals surface area contributed by atoms with E-state index in [1.54, 1.807) is 18.9 Å². The number of aryl methyl sites for hydroxylation is 1. The molecule has 6 heteroatoms. The van der Waals surface area contributed by atoms with Crippen LogP contribution in [-0.2, 0) is 11.3 Å². The molecule has 5 nitrogen and oxygen atoms in total. The molecule has 1 fully saturated rings. The number of thioether (sulfide) groups is 1. The third-order valence-electron chi connectivity index (χ3n) is 3.11. The molecule has 0 aliphatic carbocycles. The lowest BCUT2D eigenvalue weighted by molar-refractivity contribution is -0.142. The van der Waals surface area contributed by atoms with E-state index in [4.69, 9.17) is 4.74 Å². The van der Waals surface area contributed by atoms with Gasteiger partial charge < -0.3 is 9.84 Å². The summed E-state index contributed by atoms with van der Waals surface area (Å²) in [7, 11) is 1.62. The maximum atomic E-state index is 11.2. The Labute approximate surface area is 117 Å². The van der Waals surface area contributed by atoms with E-state index in [0.717, 1.165) is 29.4 Å². The van der Waals surface area contributed by atoms with Crippen LogP contribution in [0.5, 0.6) is 5.75 Å². The standard InChI is InChI=1S/C13H18N2O3S/c1-9-5-11(18-2)6-10(14-9)7-15-3-4-19-8-12(15)13(16)17/h5-6,12H,3-4,7-8H2,1-2H3,(H,16,17). The molecule has 0 saturated carbocycles. The summed E-state index contributed by atoms with van der Waals surface area (Å²) in [6.45, 7) is 3.24. The minimum atomic E-state index is -0.758. The Morgan fingerprint density at radius 2 is 2.42 bits per heavy atom. The number of pyridine rings is 1. The summed E-state index contributed by atoms with van der Waals surface area (Å²) in [4.78, 5) is 17.7. The average Bonchev–Trinajstić information content (AvgIpc) is 2.38. The number of aromatic nitrogens is 1. The molecule has 0 amide bonds. The smallest absolute Gasteiger partial charge is 0.321 e. The number of rotatable bonds is 4. The number of ether oxygens (including phenoxy) is 1. The molecule has 0 spiro atoms. The lowest BCUT2D eigenvalue weighted by Crippen LogP contribution is -2.46. The van der Waals surface area contributed by atoms with Gasteiger partial charge in [-0.1, -0.05) is 0 Å². The number of methoxy groups -OCH3 is 1. The van der Waals surface area contributed by atoms with Crippen LogP contribution in [0.2, 0.25) is 0 Å². The molecule has 1 atom stereocenters. The Bertz CT molecular complexity index is 467. The zero-order valence-corrected chi connectivity index (χ0v) is 11.9. The Kier molecular flexibility index (Phi) is 4.66. The van der Waals surface area contributed by atoms with Crippen molar-refractivity contribution in [2.24, 2.45) is 0 Å². The van der Waals surface area contributed by atoms with Gasteiger partial charge in [0.1, 0.15) is 11.8 Å². The first kappa shape index (κ1) is 14.1. The lowest BCUT2D eigenvalue weighted by atomic mass is 10.2. The Balaban J connectivity index is 2.14. The molecule has 1 saturated heterocycles. The van der Waals surface area contributed by atoms with Crippen LogP contribution in [0.25, 0.3) is 0 Å². The normalized spacial score (nSPS) is 20.2. The van der Waals surface area contributed by atoms with E-state index in [1.165, 1.54) is 0 Å². The van der Waals surface area contributed by atoms with Crippen LogP contribution < -0.4 is 4.74 Å². The fourth-order valence-corrected chi connectivity index (χ4v) is 3.27. The molecule has 2 rings (SSSR count). The summed E-state index contributed by atoms with van der Waals surface area (Å²) in [6, 6.07) is 3.31. The number of carboxylic acids is 1. The monoisotopic (exact) mass is 282 g/mol. The fraction of sp³-hybridized carbons (Fsp3) is 0.538. The van der Waals surface area contributed by atoms with E-state index in [9.17, 15) is 9.90 Å². The second-order valence-electron chi connectivity index (χ2n) is 4.54.